The molecule has 0 spiro atoms. The van der Waals surface area contributed by atoms with Crippen LogP contribution in [0.4, 0.5) is 9.59 Å². The topological polar surface area (TPSA) is 92.0 Å². The van der Waals surface area contributed by atoms with Crippen LogP contribution in [0.1, 0.15) is 0 Å². The van der Waals surface area contributed by atoms with Crippen molar-refractivity contribution < 1.29 is 44.0 Å². The Hall–Kier alpha value is -2.86. The van der Waals surface area contributed by atoms with Gasteiger partial charge >= 0.3 is 35.6 Å². The standard InChI is InChI=1S/C12H14N4O2.C10H11N4O.Na/c1-2-5-18-16-11-6-10(14-4-3-13-9-14)7-15(8-11)12(16)17;1-12-8-4-9(13-3-2-11-7-13)6-14(5-8)10(12)15;/h2-4,6,9,11H,1,5,7-8H2;2-4,7-8H,1,5-6H2;/q;-1;+1. The van der Waals surface area contributed by atoms with E-state index >= 15 is 0 Å². The van der Waals surface area contributed by atoms with Crippen LogP contribution in [-0.2, 0) is 4.84 Å². The molecule has 12 heteroatoms. The van der Waals surface area contributed by atoms with Gasteiger partial charge in [-0.25, -0.2) is 14.8 Å². The number of aromatic nitrogens is 4. The number of carbonyl (C=O) groups is 2. The van der Waals surface area contributed by atoms with Gasteiger partial charge in [0, 0.05) is 55.3 Å². The second-order valence-electron chi connectivity index (χ2n) is 8.10. The van der Waals surface area contributed by atoms with Crippen LogP contribution in [0.25, 0.3) is 11.4 Å². The number of urea groups is 2. The number of carbonyl (C=O) groups excluding carboxylic acids is 2. The summed E-state index contributed by atoms with van der Waals surface area (Å²) in [5.41, 5.74) is 2.13. The van der Waals surface area contributed by atoms with Gasteiger partial charge in [-0.1, -0.05) is 6.08 Å². The molecule has 2 aromatic heterocycles. The summed E-state index contributed by atoms with van der Waals surface area (Å²) in [7, 11) is 3.75. The predicted molar refractivity (Wildman–Crippen MR) is 120 cm³/mol. The second kappa shape index (κ2) is 10.2. The summed E-state index contributed by atoms with van der Waals surface area (Å²) in [5.74, 6) is 0. The Bertz CT molecular complexity index is 1100. The summed E-state index contributed by atoms with van der Waals surface area (Å²) in [5, 5.41) is 1.42. The molecule has 11 nitrogen and oxygen atoms in total. The Morgan fingerprint density at radius 1 is 0.971 bits per heavy atom. The van der Waals surface area contributed by atoms with Crippen LogP contribution in [0, 0.1) is 7.05 Å². The first kappa shape index (κ1) is 24.3. The van der Waals surface area contributed by atoms with Crippen LogP contribution in [0.2, 0.25) is 0 Å². The molecule has 2 fully saturated rings. The smallest absolute Gasteiger partial charge is 0.470 e. The number of hydrogen-bond acceptors (Lipinski definition) is 5. The van der Waals surface area contributed by atoms with Gasteiger partial charge in [0.1, 0.15) is 0 Å². The first-order valence-electron chi connectivity index (χ1n) is 10.6. The van der Waals surface area contributed by atoms with Crippen LogP contribution in [-0.4, -0.2) is 95.8 Å². The SMILES string of the molecule is C=CCON1C(=O)N2CC(n3ccnc3)=CC1C2.[CH2-]N1C(=O)N2CC(n3ccnc3)=CC1C2.[Na+]. The third-order valence-corrected chi connectivity index (χ3v) is 5.97. The molecule has 2 atom stereocenters. The minimum Gasteiger partial charge on any atom is -0.470 e. The van der Waals surface area contributed by atoms with Crippen molar-refractivity contribution in [2.45, 2.75) is 12.1 Å². The molecule has 2 aromatic rings. The average Bonchev–Trinajstić information content (AvgIpc) is 3.63. The maximum atomic E-state index is 12.0. The zero-order chi connectivity index (χ0) is 22.9. The minimum atomic E-state index is -0.0896. The first-order chi connectivity index (χ1) is 16.0. The summed E-state index contributed by atoms with van der Waals surface area (Å²) in [6.07, 6.45) is 16.4. The molecule has 0 aromatic carbocycles. The van der Waals surface area contributed by atoms with E-state index in [1.807, 2.05) is 27.6 Å². The molecule has 0 radical (unpaired) electrons. The van der Waals surface area contributed by atoms with Gasteiger partial charge < -0.3 is 23.8 Å². The van der Waals surface area contributed by atoms with Crippen LogP contribution in [0.3, 0.4) is 0 Å². The van der Waals surface area contributed by atoms with E-state index in [1.54, 1.807) is 40.9 Å². The van der Waals surface area contributed by atoms with E-state index in [-0.39, 0.29) is 53.7 Å². The van der Waals surface area contributed by atoms with Gasteiger partial charge in [-0.05, 0) is 12.2 Å². The van der Waals surface area contributed by atoms with Crippen LogP contribution in [0.5, 0.6) is 0 Å². The van der Waals surface area contributed by atoms with Gasteiger partial charge in [0.15, 0.2) is 0 Å². The largest absolute Gasteiger partial charge is 1.00 e. The minimum absolute atomic E-state index is 0. The van der Waals surface area contributed by atoms with Crippen LogP contribution in [0.15, 0.2) is 62.2 Å². The number of amides is 4. The quantitative estimate of drug-likeness (QED) is 0.303. The van der Waals surface area contributed by atoms with Crippen molar-refractivity contribution in [1.82, 2.24) is 38.9 Å². The molecular weight excluding hydrogens is 447 g/mol. The van der Waals surface area contributed by atoms with Crippen molar-refractivity contribution in [2.24, 2.45) is 0 Å². The van der Waals surface area contributed by atoms with Crippen molar-refractivity contribution in [1.29, 1.82) is 0 Å². The van der Waals surface area contributed by atoms with Gasteiger partial charge in [-0.15, -0.1) is 6.58 Å². The number of nitrogens with zero attached hydrogens (tertiary/aromatic N) is 8. The molecule has 2 unspecified atom stereocenters. The Morgan fingerprint density at radius 3 is 2.06 bits per heavy atom. The molecule has 34 heavy (non-hydrogen) atoms. The fourth-order valence-corrected chi connectivity index (χ4v) is 4.33. The summed E-state index contributed by atoms with van der Waals surface area (Å²) in [4.78, 5) is 42.2. The molecule has 2 saturated heterocycles. The fourth-order valence-electron chi connectivity index (χ4n) is 4.33. The number of hydrogen-bond donors (Lipinski definition) is 0. The fraction of sp³-hybridized carbons (Fsp3) is 0.318. The Labute approximate surface area is 219 Å². The second-order valence-corrected chi connectivity index (χ2v) is 8.10. The molecule has 6 rings (SSSR count). The Balaban J connectivity index is 0.000000159. The number of fused-ring (bicyclic) bond motifs is 4. The molecule has 4 amide bonds. The third kappa shape index (κ3) is 4.56. The molecule has 4 aliphatic rings. The third-order valence-electron chi connectivity index (χ3n) is 5.97. The van der Waals surface area contributed by atoms with E-state index < -0.39 is 0 Å². The number of rotatable bonds is 5. The van der Waals surface area contributed by atoms with E-state index in [4.69, 9.17) is 4.84 Å². The van der Waals surface area contributed by atoms with Crippen molar-refractivity contribution in [3.05, 3.63) is 69.3 Å². The maximum Gasteiger partial charge on any atom is 1.00 e. The summed E-state index contributed by atoms with van der Waals surface area (Å²) in [6, 6.07) is -0.0215. The van der Waals surface area contributed by atoms with Gasteiger partial charge in [0.2, 0.25) is 0 Å². The predicted octanol–water partition coefficient (Wildman–Crippen LogP) is -1.40. The molecule has 172 valence electrons. The monoisotopic (exact) mass is 472 g/mol. The van der Waals surface area contributed by atoms with Crippen molar-refractivity contribution in [3.8, 4) is 0 Å². The summed E-state index contributed by atoms with van der Waals surface area (Å²) < 4.78 is 3.86. The Kier molecular flexibility index (Phi) is 7.27. The summed E-state index contributed by atoms with van der Waals surface area (Å²) in [6.45, 7) is 6.57. The van der Waals surface area contributed by atoms with Crippen LogP contribution < -0.4 is 29.6 Å². The molecule has 4 aliphatic heterocycles. The van der Waals surface area contributed by atoms with Crippen LogP contribution >= 0.6 is 0 Å². The zero-order valence-corrected chi connectivity index (χ0v) is 21.1. The van der Waals surface area contributed by atoms with Crippen molar-refractivity contribution in [2.75, 3.05) is 32.8 Å². The number of imidazole rings is 2. The summed E-state index contributed by atoms with van der Waals surface area (Å²) >= 11 is 0. The van der Waals surface area contributed by atoms with E-state index in [1.165, 1.54) is 9.96 Å². The van der Waals surface area contributed by atoms with Gasteiger partial charge in [0.05, 0.1) is 38.4 Å². The molecule has 6 heterocycles. The van der Waals surface area contributed by atoms with Gasteiger partial charge in [-0.3, -0.25) is 16.7 Å². The molecule has 0 saturated carbocycles. The first-order valence-corrected chi connectivity index (χ1v) is 10.6. The van der Waals surface area contributed by atoms with Crippen molar-refractivity contribution in [3.63, 3.8) is 0 Å². The molecule has 4 bridgehead atoms. The van der Waals surface area contributed by atoms with Crippen molar-refractivity contribution >= 4 is 23.5 Å². The van der Waals surface area contributed by atoms with E-state index in [0.717, 1.165) is 17.9 Å². The zero-order valence-electron chi connectivity index (χ0n) is 19.1. The maximum absolute atomic E-state index is 12.0. The van der Waals surface area contributed by atoms with E-state index in [9.17, 15) is 9.59 Å². The Morgan fingerprint density at radius 2 is 1.53 bits per heavy atom. The molecular formula is C22H25N8NaO3. The molecule has 0 aliphatic carbocycles. The van der Waals surface area contributed by atoms with Gasteiger partial charge in [0.25, 0.3) is 6.03 Å². The molecule has 0 N–H and O–H groups in total. The van der Waals surface area contributed by atoms with E-state index in [0.29, 0.717) is 26.2 Å². The van der Waals surface area contributed by atoms with Gasteiger partial charge in [-0.2, -0.15) is 5.06 Å². The average molecular weight is 472 g/mol. The normalized spacial score (nSPS) is 22.7. The van der Waals surface area contributed by atoms with E-state index in [2.05, 4.69) is 29.7 Å². The number of hydroxylamine groups is 2.